The van der Waals surface area contributed by atoms with Crippen LogP contribution in [0, 0.1) is 0 Å². The van der Waals surface area contributed by atoms with Crippen molar-refractivity contribution >= 4 is 45.0 Å². The van der Waals surface area contributed by atoms with Crippen LogP contribution < -0.4 is 5.32 Å². The first-order valence-electron chi connectivity index (χ1n) is 6.06. The standard InChI is InChI=1S/C13H10BrN5OS/c14-9-6-15-18-10(9)7-16-19-13-17-12(20)11(21-13)8-4-2-1-3-5-8/h1-7,11H,(H,15,18)(H,17,19,20)/b16-7+/t11-/m1/s1. The number of rotatable bonds is 3. The number of carbonyl (C=O) groups is 1. The van der Waals surface area contributed by atoms with Gasteiger partial charge in [-0.15, -0.1) is 5.10 Å². The van der Waals surface area contributed by atoms with Crippen LogP contribution in [0.4, 0.5) is 0 Å². The Labute approximate surface area is 133 Å². The number of halogens is 1. The first-order chi connectivity index (χ1) is 10.2. The molecule has 2 aromatic rings. The van der Waals surface area contributed by atoms with E-state index in [1.54, 1.807) is 6.20 Å². The summed E-state index contributed by atoms with van der Waals surface area (Å²) in [5, 5.41) is 17.5. The van der Waals surface area contributed by atoms with Crippen molar-refractivity contribution in [2.75, 3.05) is 0 Å². The van der Waals surface area contributed by atoms with E-state index in [9.17, 15) is 4.79 Å². The third-order valence-corrected chi connectivity index (χ3v) is 4.52. The highest BCUT2D eigenvalue weighted by molar-refractivity contribution is 9.10. The normalized spacial score (nSPS) is 20.3. The summed E-state index contributed by atoms with van der Waals surface area (Å²) in [6.07, 6.45) is 3.17. The molecule has 1 aliphatic heterocycles. The van der Waals surface area contributed by atoms with E-state index in [1.165, 1.54) is 18.0 Å². The number of amidine groups is 1. The minimum Gasteiger partial charge on any atom is -0.302 e. The zero-order valence-corrected chi connectivity index (χ0v) is 13.1. The Bertz CT molecular complexity index is 712. The lowest BCUT2D eigenvalue weighted by Crippen LogP contribution is -2.21. The monoisotopic (exact) mass is 363 g/mol. The van der Waals surface area contributed by atoms with E-state index in [0.29, 0.717) is 10.9 Å². The van der Waals surface area contributed by atoms with Crippen molar-refractivity contribution in [2.45, 2.75) is 5.25 Å². The van der Waals surface area contributed by atoms with Crippen LogP contribution in [0.25, 0.3) is 0 Å². The van der Waals surface area contributed by atoms with Gasteiger partial charge in [-0.25, -0.2) is 0 Å². The van der Waals surface area contributed by atoms with Gasteiger partial charge in [0.25, 0.3) is 0 Å². The van der Waals surface area contributed by atoms with Gasteiger partial charge in [0, 0.05) is 0 Å². The SMILES string of the molecule is O=C1N/C(=N\N=C\c2[nH]ncc2Br)S[C@@H]1c1ccccc1. The summed E-state index contributed by atoms with van der Waals surface area (Å²) in [7, 11) is 0. The van der Waals surface area contributed by atoms with Crippen LogP contribution in [-0.2, 0) is 4.79 Å². The molecule has 2 heterocycles. The molecule has 8 heteroatoms. The first-order valence-corrected chi connectivity index (χ1v) is 7.73. The lowest BCUT2D eigenvalue weighted by molar-refractivity contribution is -0.118. The smallest absolute Gasteiger partial charge is 0.244 e. The molecule has 1 atom stereocenters. The van der Waals surface area contributed by atoms with Crippen LogP contribution in [0.1, 0.15) is 16.5 Å². The summed E-state index contributed by atoms with van der Waals surface area (Å²) >= 11 is 4.67. The van der Waals surface area contributed by atoms with E-state index in [1.807, 2.05) is 30.3 Å². The third-order valence-electron chi connectivity index (χ3n) is 2.76. The molecule has 0 spiro atoms. The maximum atomic E-state index is 11.9. The van der Waals surface area contributed by atoms with Gasteiger partial charge in [-0.1, -0.05) is 42.1 Å². The number of H-pyrrole nitrogens is 1. The van der Waals surface area contributed by atoms with E-state index < -0.39 is 0 Å². The molecule has 1 fully saturated rings. The number of nitrogens with one attached hydrogen (secondary N) is 2. The second-order valence-electron chi connectivity index (χ2n) is 4.18. The maximum absolute atomic E-state index is 11.9. The molecule has 1 amide bonds. The topological polar surface area (TPSA) is 82.5 Å². The van der Waals surface area contributed by atoms with Crippen molar-refractivity contribution in [3.05, 3.63) is 52.3 Å². The molecule has 1 aliphatic rings. The van der Waals surface area contributed by atoms with Gasteiger partial charge in [0.1, 0.15) is 5.25 Å². The molecule has 1 aromatic carbocycles. The Morgan fingerprint density at radius 2 is 2.14 bits per heavy atom. The first kappa shape index (κ1) is 14.0. The van der Waals surface area contributed by atoms with Crippen LogP contribution in [0.15, 0.2) is 51.2 Å². The van der Waals surface area contributed by atoms with Gasteiger partial charge in [0.2, 0.25) is 5.91 Å². The van der Waals surface area contributed by atoms with Gasteiger partial charge >= 0.3 is 0 Å². The van der Waals surface area contributed by atoms with Crippen LogP contribution >= 0.6 is 27.7 Å². The van der Waals surface area contributed by atoms with Gasteiger partial charge in [-0.3, -0.25) is 9.89 Å². The number of hydrogen-bond donors (Lipinski definition) is 2. The largest absolute Gasteiger partial charge is 0.302 e. The fourth-order valence-electron chi connectivity index (χ4n) is 1.77. The molecule has 0 bridgehead atoms. The minimum atomic E-state index is -0.279. The summed E-state index contributed by atoms with van der Waals surface area (Å²) in [5.74, 6) is -0.0807. The lowest BCUT2D eigenvalue weighted by atomic mass is 10.1. The summed E-state index contributed by atoms with van der Waals surface area (Å²) in [6, 6.07) is 9.58. The van der Waals surface area contributed by atoms with E-state index in [0.717, 1.165) is 10.0 Å². The maximum Gasteiger partial charge on any atom is 0.244 e. The van der Waals surface area contributed by atoms with Crippen molar-refractivity contribution in [1.82, 2.24) is 15.5 Å². The molecule has 106 valence electrons. The Hall–Kier alpha value is -1.93. The summed E-state index contributed by atoms with van der Waals surface area (Å²) in [5.41, 5.74) is 1.67. The summed E-state index contributed by atoms with van der Waals surface area (Å²) in [4.78, 5) is 11.9. The van der Waals surface area contributed by atoms with Crippen LogP contribution in [0.5, 0.6) is 0 Å². The highest BCUT2D eigenvalue weighted by Crippen LogP contribution is 2.34. The molecule has 2 N–H and O–H groups in total. The van der Waals surface area contributed by atoms with E-state index >= 15 is 0 Å². The van der Waals surface area contributed by atoms with Gasteiger partial charge < -0.3 is 5.32 Å². The zero-order chi connectivity index (χ0) is 14.7. The number of benzene rings is 1. The van der Waals surface area contributed by atoms with Crippen molar-refractivity contribution < 1.29 is 4.79 Å². The predicted octanol–water partition coefficient (Wildman–Crippen LogP) is 2.47. The third kappa shape index (κ3) is 3.22. The molecule has 0 aliphatic carbocycles. The number of nitrogens with zero attached hydrogens (tertiary/aromatic N) is 3. The van der Waals surface area contributed by atoms with Gasteiger partial charge in [-0.2, -0.15) is 10.2 Å². The van der Waals surface area contributed by atoms with Crippen LogP contribution in [0.2, 0.25) is 0 Å². The fraction of sp³-hybridized carbons (Fsp3) is 0.0769. The highest BCUT2D eigenvalue weighted by atomic mass is 79.9. The number of hydrogen-bond acceptors (Lipinski definition) is 5. The Morgan fingerprint density at radius 1 is 1.33 bits per heavy atom. The molecule has 0 unspecified atom stereocenters. The quantitative estimate of drug-likeness (QED) is 0.648. The molecule has 0 radical (unpaired) electrons. The number of carbonyl (C=O) groups excluding carboxylic acids is 1. The van der Waals surface area contributed by atoms with Gasteiger partial charge in [0.15, 0.2) is 5.17 Å². The van der Waals surface area contributed by atoms with Gasteiger partial charge in [0.05, 0.1) is 22.6 Å². The number of thioether (sulfide) groups is 1. The fourth-order valence-corrected chi connectivity index (χ4v) is 3.00. The summed E-state index contributed by atoms with van der Waals surface area (Å²) in [6.45, 7) is 0. The van der Waals surface area contributed by atoms with Crippen molar-refractivity contribution in [1.29, 1.82) is 0 Å². The lowest BCUT2D eigenvalue weighted by Gasteiger charge is -2.03. The molecular weight excluding hydrogens is 354 g/mol. The van der Waals surface area contributed by atoms with Gasteiger partial charge in [-0.05, 0) is 21.5 Å². The number of aromatic nitrogens is 2. The molecular formula is C13H10BrN5OS. The van der Waals surface area contributed by atoms with E-state index in [4.69, 9.17) is 0 Å². The van der Waals surface area contributed by atoms with Crippen LogP contribution in [-0.4, -0.2) is 27.5 Å². The van der Waals surface area contributed by atoms with Crippen molar-refractivity contribution in [3.8, 4) is 0 Å². The molecule has 1 aromatic heterocycles. The number of aromatic amines is 1. The second-order valence-corrected chi connectivity index (χ2v) is 6.13. The average Bonchev–Trinajstić information content (AvgIpc) is 3.06. The Kier molecular flexibility index (Phi) is 4.16. The van der Waals surface area contributed by atoms with E-state index in [2.05, 4.69) is 41.6 Å². The Balaban J connectivity index is 1.71. The van der Waals surface area contributed by atoms with E-state index in [-0.39, 0.29) is 11.2 Å². The zero-order valence-electron chi connectivity index (χ0n) is 10.7. The predicted molar refractivity (Wildman–Crippen MR) is 86.2 cm³/mol. The molecule has 6 nitrogen and oxygen atoms in total. The van der Waals surface area contributed by atoms with Crippen molar-refractivity contribution in [3.63, 3.8) is 0 Å². The van der Waals surface area contributed by atoms with Crippen molar-refractivity contribution in [2.24, 2.45) is 10.2 Å². The molecule has 0 saturated carbocycles. The Morgan fingerprint density at radius 3 is 2.86 bits per heavy atom. The highest BCUT2D eigenvalue weighted by Gasteiger charge is 2.31. The minimum absolute atomic E-state index is 0.0807. The number of amides is 1. The van der Waals surface area contributed by atoms with Crippen LogP contribution in [0.3, 0.4) is 0 Å². The summed E-state index contributed by atoms with van der Waals surface area (Å²) < 4.78 is 0.803. The molecule has 21 heavy (non-hydrogen) atoms. The molecule has 3 rings (SSSR count). The molecule has 1 saturated heterocycles. The second kappa shape index (κ2) is 6.23. The average molecular weight is 364 g/mol.